The summed E-state index contributed by atoms with van der Waals surface area (Å²) in [6.45, 7) is 10.6. The van der Waals surface area contributed by atoms with E-state index in [9.17, 15) is 4.79 Å². The number of rotatable bonds is 5. The summed E-state index contributed by atoms with van der Waals surface area (Å²) in [4.78, 5) is 26.1. The lowest BCUT2D eigenvalue weighted by Gasteiger charge is -2.26. The number of aromatic nitrogens is 3. The molecule has 6 heteroatoms. The van der Waals surface area contributed by atoms with Crippen LogP contribution in [0.1, 0.15) is 50.5 Å². The molecule has 26 heavy (non-hydrogen) atoms. The topological polar surface area (TPSA) is 54.3 Å². The molecule has 3 rings (SSSR count). The summed E-state index contributed by atoms with van der Waals surface area (Å²) in [5, 5.41) is 0. The first-order chi connectivity index (χ1) is 12.6. The highest BCUT2D eigenvalue weighted by molar-refractivity contribution is 5.80. The van der Waals surface area contributed by atoms with E-state index in [2.05, 4.69) is 34.8 Å². The summed E-state index contributed by atoms with van der Waals surface area (Å²) in [6, 6.07) is 3.87. The van der Waals surface area contributed by atoms with Crippen LogP contribution in [0.25, 0.3) is 0 Å². The molecule has 0 bridgehead atoms. The van der Waals surface area contributed by atoms with Gasteiger partial charge in [0.2, 0.25) is 5.91 Å². The van der Waals surface area contributed by atoms with Gasteiger partial charge < -0.3 is 9.47 Å². The Morgan fingerprint density at radius 1 is 1.15 bits per heavy atom. The maximum Gasteiger partial charge on any atom is 0.245 e. The number of nitrogens with zero attached hydrogens (tertiary/aromatic N) is 5. The second-order valence-electron chi connectivity index (χ2n) is 7.34. The lowest BCUT2D eigenvalue weighted by Crippen LogP contribution is -2.39. The van der Waals surface area contributed by atoms with Crippen molar-refractivity contribution in [3.05, 3.63) is 48.3 Å². The molecule has 1 aliphatic heterocycles. The number of pyridine rings is 1. The molecular formula is C20H29N5O. The molecule has 2 aromatic rings. The van der Waals surface area contributed by atoms with Gasteiger partial charge >= 0.3 is 0 Å². The molecule has 1 amide bonds. The van der Waals surface area contributed by atoms with Crippen LogP contribution < -0.4 is 0 Å². The lowest BCUT2D eigenvalue weighted by molar-refractivity contribution is -0.134. The minimum atomic E-state index is -0.209. The van der Waals surface area contributed by atoms with Crippen molar-refractivity contribution in [2.24, 2.45) is 0 Å². The number of hydrogen-bond donors (Lipinski definition) is 0. The van der Waals surface area contributed by atoms with E-state index in [1.165, 1.54) is 5.56 Å². The van der Waals surface area contributed by atoms with E-state index >= 15 is 0 Å². The molecule has 2 aromatic heterocycles. The van der Waals surface area contributed by atoms with Gasteiger partial charge in [-0.1, -0.05) is 19.9 Å². The molecule has 0 aromatic carbocycles. The molecule has 1 aliphatic rings. The smallest absolute Gasteiger partial charge is 0.245 e. The van der Waals surface area contributed by atoms with E-state index in [1.807, 2.05) is 34.9 Å². The molecule has 0 aliphatic carbocycles. The van der Waals surface area contributed by atoms with Crippen molar-refractivity contribution in [3.63, 3.8) is 0 Å². The third-order valence-electron chi connectivity index (χ3n) is 5.02. The first-order valence-electron chi connectivity index (χ1n) is 9.49. The van der Waals surface area contributed by atoms with E-state index in [1.54, 1.807) is 12.4 Å². The van der Waals surface area contributed by atoms with Crippen molar-refractivity contribution in [3.8, 4) is 0 Å². The van der Waals surface area contributed by atoms with Crippen LogP contribution in [0.15, 0.2) is 36.9 Å². The Labute approximate surface area is 155 Å². The Balaban J connectivity index is 1.61. The van der Waals surface area contributed by atoms with Gasteiger partial charge in [-0.3, -0.25) is 14.7 Å². The number of hydrogen-bond acceptors (Lipinski definition) is 4. The summed E-state index contributed by atoms with van der Waals surface area (Å²) in [6.07, 6.45) is 8.43. The third-order valence-corrected chi connectivity index (χ3v) is 5.02. The second-order valence-corrected chi connectivity index (χ2v) is 7.34. The largest absolute Gasteiger partial charge is 0.340 e. The van der Waals surface area contributed by atoms with Crippen molar-refractivity contribution < 1.29 is 4.79 Å². The maximum absolute atomic E-state index is 13.0. The molecule has 1 saturated heterocycles. The maximum atomic E-state index is 13.0. The Hall–Kier alpha value is -2.21. The number of carbonyl (C=O) groups is 1. The second kappa shape index (κ2) is 8.45. The van der Waals surface area contributed by atoms with E-state index < -0.39 is 0 Å². The lowest BCUT2D eigenvalue weighted by atomic mass is 10.2. The van der Waals surface area contributed by atoms with Crippen LogP contribution in [-0.4, -0.2) is 56.4 Å². The van der Waals surface area contributed by atoms with Crippen LogP contribution in [-0.2, 0) is 11.3 Å². The summed E-state index contributed by atoms with van der Waals surface area (Å²) in [7, 11) is 0. The van der Waals surface area contributed by atoms with Crippen molar-refractivity contribution in [1.29, 1.82) is 0 Å². The van der Waals surface area contributed by atoms with Gasteiger partial charge in [0.05, 0.1) is 0 Å². The predicted octanol–water partition coefficient (Wildman–Crippen LogP) is 2.70. The molecule has 6 nitrogen and oxygen atoms in total. The van der Waals surface area contributed by atoms with Crippen molar-refractivity contribution in [1.82, 2.24) is 24.3 Å². The van der Waals surface area contributed by atoms with Gasteiger partial charge in [-0.2, -0.15) is 0 Å². The molecule has 1 unspecified atom stereocenters. The fourth-order valence-electron chi connectivity index (χ4n) is 3.58. The van der Waals surface area contributed by atoms with Crippen LogP contribution >= 0.6 is 0 Å². The molecule has 0 spiro atoms. The van der Waals surface area contributed by atoms with E-state index in [-0.39, 0.29) is 11.9 Å². The van der Waals surface area contributed by atoms with Crippen molar-refractivity contribution in [2.45, 2.75) is 45.7 Å². The molecule has 0 saturated carbocycles. The highest BCUT2D eigenvalue weighted by Gasteiger charge is 2.26. The average molecular weight is 355 g/mol. The van der Waals surface area contributed by atoms with Gasteiger partial charge in [0.25, 0.3) is 0 Å². The van der Waals surface area contributed by atoms with Gasteiger partial charge in [0.15, 0.2) is 0 Å². The Bertz CT molecular complexity index is 712. The molecule has 3 heterocycles. The fraction of sp³-hybridized carbons (Fsp3) is 0.550. The normalized spacial score (nSPS) is 17.3. The first kappa shape index (κ1) is 18.6. The summed E-state index contributed by atoms with van der Waals surface area (Å²) >= 11 is 0. The number of amides is 1. The quantitative estimate of drug-likeness (QED) is 0.827. The van der Waals surface area contributed by atoms with Crippen LogP contribution in [0.4, 0.5) is 0 Å². The standard InChI is InChI=1S/C20H29N5O/c1-16(2)19-22-8-11-25(19)17(3)20(26)24-10-5-9-23(12-13-24)15-18-6-4-7-21-14-18/h4,6-8,11,14,16-17H,5,9-10,12-13,15H2,1-3H3. The third kappa shape index (κ3) is 4.30. The van der Waals surface area contributed by atoms with E-state index in [0.29, 0.717) is 5.92 Å². The van der Waals surface area contributed by atoms with Crippen LogP contribution in [0.2, 0.25) is 0 Å². The van der Waals surface area contributed by atoms with Gasteiger partial charge in [-0.25, -0.2) is 4.98 Å². The van der Waals surface area contributed by atoms with Gasteiger partial charge in [-0.15, -0.1) is 0 Å². The molecule has 0 radical (unpaired) electrons. The zero-order valence-electron chi connectivity index (χ0n) is 16.0. The Morgan fingerprint density at radius 2 is 2.00 bits per heavy atom. The van der Waals surface area contributed by atoms with Gasteiger partial charge in [0.1, 0.15) is 11.9 Å². The highest BCUT2D eigenvalue weighted by atomic mass is 16.2. The van der Waals surface area contributed by atoms with E-state index in [0.717, 1.165) is 45.0 Å². The average Bonchev–Trinajstić information content (AvgIpc) is 3.03. The van der Waals surface area contributed by atoms with Gasteiger partial charge in [-0.05, 0) is 25.0 Å². The monoisotopic (exact) mass is 355 g/mol. The highest BCUT2D eigenvalue weighted by Crippen LogP contribution is 2.20. The van der Waals surface area contributed by atoms with Crippen LogP contribution in [0.3, 0.4) is 0 Å². The van der Waals surface area contributed by atoms with Crippen molar-refractivity contribution >= 4 is 5.91 Å². The predicted molar refractivity (Wildman–Crippen MR) is 102 cm³/mol. The molecule has 1 fully saturated rings. The van der Waals surface area contributed by atoms with E-state index in [4.69, 9.17) is 0 Å². The van der Waals surface area contributed by atoms with Crippen LogP contribution in [0.5, 0.6) is 0 Å². The summed E-state index contributed by atoms with van der Waals surface area (Å²) in [5.41, 5.74) is 1.22. The minimum absolute atomic E-state index is 0.188. The Kier molecular flexibility index (Phi) is 6.04. The Morgan fingerprint density at radius 3 is 2.73 bits per heavy atom. The zero-order chi connectivity index (χ0) is 18.5. The molecule has 1 atom stereocenters. The zero-order valence-corrected chi connectivity index (χ0v) is 16.0. The molecule has 0 N–H and O–H groups in total. The minimum Gasteiger partial charge on any atom is -0.340 e. The van der Waals surface area contributed by atoms with Gasteiger partial charge in [0, 0.05) is 63.4 Å². The summed E-state index contributed by atoms with van der Waals surface area (Å²) < 4.78 is 2.02. The number of imidazole rings is 1. The summed E-state index contributed by atoms with van der Waals surface area (Å²) in [5.74, 6) is 1.46. The molecular weight excluding hydrogens is 326 g/mol. The van der Waals surface area contributed by atoms with Crippen LogP contribution in [0, 0.1) is 0 Å². The number of carbonyl (C=O) groups excluding carboxylic acids is 1. The SMILES string of the molecule is CC(C)c1nccn1C(C)C(=O)N1CCCN(Cc2cccnc2)CC1. The van der Waals surface area contributed by atoms with Crippen molar-refractivity contribution in [2.75, 3.05) is 26.2 Å². The first-order valence-corrected chi connectivity index (χ1v) is 9.49. The fourth-order valence-corrected chi connectivity index (χ4v) is 3.58. The molecule has 140 valence electrons.